The third-order valence-electron chi connectivity index (χ3n) is 4.03. The number of nitrogens with zero attached hydrogens (tertiary/aromatic N) is 2. The molecule has 0 radical (unpaired) electrons. The van der Waals surface area contributed by atoms with E-state index in [1.807, 2.05) is 0 Å². The van der Waals surface area contributed by atoms with Gasteiger partial charge in [0.25, 0.3) is 0 Å². The highest BCUT2D eigenvalue weighted by Crippen LogP contribution is 2.33. The molecule has 1 fully saturated rings. The number of hydrogen-bond donors (Lipinski definition) is 0. The van der Waals surface area contributed by atoms with Crippen LogP contribution in [0.4, 0.5) is 0 Å². The molecule has 2 heterocycles. The third-order valence-corrected chi connectivity index (χ3v) is 4.49. The van der Waals surface area contributed by atoms with E-state index in [1.165, 1.54) is 15.6 Å². The predicted molar refractivity (Wildman–Crippen MR) is 80.7 cm³/mol. The highest BCUT2D eigenvalue weighted by atomic mass is 79.9. The third kappa shape index (κ3) is 3.12. The Morgan fingerprint density at radius 1 is 1.21 bits per heavy atom. The monoisotopic (exact) mass is 324 g/mol. The van der Waals surface area contributed by atoms with Crippen LogP contribution in [0, 0.1) is 0 Å². The topological polar surface area (TPSA) is 15.7 Å². The Morgan fingerprint density at radius 3 is 2.79 bits per heavy atom. The van der Waals surface area contributed by atoms with Crippen molar-refractivity contribution in [2.75, 3.05) is 39.8 Å². The molecule has 0 amide bonds. The molecule has 3 rings (SSSR count). The van der Waals surface area contributed by atoms with Crippen LogP contribution in [0.1, 0.15) is 17.5 Å². The van der Waals surface area contributed by atoms with E-state index in [0.717, 1.165) is 57.9 Å². The van der Waals surface area contributed by atoms with Crippen LogP contribution < -0.4 is 4.74 Å². The van der Waals surface area contributed by atoms with E-state index >= 15 is 0 Å². The zero-order valence-corrected chi connectivity index (χ0v) is 13.1. The number of fused-ring (bicyclic) bond motifs is 1. The van der Waals surface area contributed by atoms with Crippen molar-refractivity contribution >= 4 is 15.9 Å². The molecule has 0 aromatic heterocycles. The first-order valence-corrected chi connectivity index (χ1v) is 7.86. The number of benzene rings is 1. The number of hydrogen-bond acceptors (Lipinski definition) is 3. The summed E-state index contributed by atoms with van der Waals surface area (Å²) in [6, 6.07) is 4.43. The molecule has 0 saturated carbocycles. The summed E-state index contributed by atoms with van der Waals surface area (Å²) >= 11 is 3.63. The molecule has 19 heavy (non-hydrogen) atoms. The fraction of sp³-hybridized carbons (Fsp3) is 0.600. The van der Waals surface area contributed by atoms with Gasteiger partial charge in [-0.1, -0.05) is 15.9 Å². The minimum Gasteiger partial charge on any atom is -0.493 e. The predicted octanol–water partition coefficient (Wildman–Crippen LogP) is 2.52. The lowest BCUT2D eigenvalue weighted by atomic mass is 10.0. The molecular formula is C15H21BrN2O. The van der Waals surface area contributed by atoms with E-state index < -0.39 is 0 Å². The number of halogens is 1. The van der Waals surface area contributed by atoms with Gasteiger partial charge in [0.1, 0.15) is 5.75 Å². The molecule has 104 valence electrons. The SMILES string of the molecule is CN1CCN(Cc2cc(Br)cc3c2OCCC3)CC1. The van der Waals surface area contributed by atoms with Crippen molar-refractivity contribution in [1.82, 2.24) is 9.80 Å². The lowest BCUT2D eigenvalue weighted by Gasteiger charge is -2.33. The van der Waals surface area contributed by atoms with E-state index in [1.54, 1.807) is 0 Å². The van der Waals surface area contributed by atoms with Crippen LogP contribution >= 0.6 is 15.9 Å². The quantitative estimate of drug-likeness (QED) is 0.831. The Kier molecular flexibility index (Phi) is 4.10. The van der Waals surface area contributed by atoms with Crippen LogP contribution in [0.3, 0.4) is 0 Å². The number of likely N-dealkylation sites (N-methyl/N-ethyl adjacent to an activating group) is 1. The highest BCUT2D eigenvalue weighted by Gasteiger charge is 2.19. The minimum atomic E-state index is 0.865. The second-order valence-electron chi connectivity index (χ2n) is 5.58. The zero-order chi connectivity index (χ0) is 13.2. The molecule has 3 nitrogen and oxygen atoms in total. The van der Waals surface area contributed by atoms with Crippen LogP contribution in [0.2, 0.25) is 0 Å². The first-order valence-electron chi connectivity index (χ1n) is 7.07. The van der Waals surface area contributed by atoms with Gasteiger partial charge < -0.3 is 9.64 Å². The smallest absolute Gasteiger partial charge is 0.127 e. The zero-order valence-electron chi connectivity index (χ0n) is 11.5. The Labute approximate surface area is 123 Å². The summed E-state index contributed by atoms with van der Waals surface area (Å²) in [4.78, 5) is 4.92. The molecule has 0 spiro atoms. The number of piperazine rings is 1. The van der Waals surface area contributed by atoms with Crippen molar-refractivity contribution in [3.05, 3.63) is 27.7 Å². The maximum atomic E-state index is 5.91. The van der Waals surface area contributed by atoms with Crippen LogP contribution in [0.5, 0.6) is 5.75 Å². The molecule has 0 aliphatic carbocycles. The summed E-state index contributed by atoms with van der Waals surface area (Å²) < 4.78 is 7.10. The summed E-state index contributed by atoms with van der Waals surface area (Å²) in [5.41, 5.74) is 2.71. The Hall–Kier alpha value is -0.580. The molecule has 1 aromatic rings. The highest BCUT2D eigenvalue weighted by molar-refractivity contribution is 9.10. The van der Waals surface area contributed by atoms with Crippen LogP contribution in [-0.4, -0.2) is 49.6 Å². The lowest BCUT2D eigenvalue weighted by molar-refractivity contribution is 0.146. The summed E-state index contributed by atoms with van der Waals surface area (Å²) in [6.45, 7) is 6.50. The van der Waals surface area contributed by atoms with Crippen molar-refractivity contribution in [1.29, 1.82) is 0 Å². The van der Waals surface area contributed by atoms with Gasteiger partial charge in [-0.05, 0) is 37.6 Å². The molecule has 1 saturated heterocycles. The van der Waals surface area contributed by atoms with Gasteiger partial charge in [0.05, 0.1) is 6.61 Å². The fourth-order valence-electron chi connectivity index (χ4n) is 2.88. The maximum Gasteiger partial charge on any atom is 0.127 e. The molecule has 0 N–H and O–H groups in total. The van der Waals surface area contributed by atoms with Crippen LogP contribution in [0.25, 0.3) is 0 Å². The van der Waals surface area contributed by atoms with Crippen LogP contribution in [-0.2, 0) is 13.0 Å². The summed E-state index contributed by atoms with van der Waals surface area (Å²) in [5.74, 6) is 1.15. The van der Waals surface area contributed by atoms with E-state index in [9.17, 15) is 0 Å². The van der Waals surface area contributed by atoms with Crippen molar-refractivity contribution in [2.45, 2.75) is 19.4 Å². The second kappa shape index (κ2) is 5.81. The summed E-state index contributed by atoms with van der Waals surface area (Å²) in [5, 5.41) is 0. The van der Waals surface area contributed by atoms with Crippen molar-refractivity contribution in [3.63, 3.8) is 0 Å². The van der Waals surface area contributed by atoms with E-state index in [-0.39, 0.29) is 0 Å². The van der Waals surface area contributed by atoms with Crippen molar-refractivity contribution in [3.8, 4) is 5.75 Å². The molecule has 2 aliphatic rings. The first kappa shape index (κ1) is 13.4. The normalized spacial score (nSPS) is 20.9. The molecule has 4 heteroatoms. The van der Waals surface area contributed by atoms with Crippen molar-refractivity contribution < 1.29 is 4.74 Å². The summed E-state index contributed by atoms with van der Waals surface area (Å²) in [7, 11) is 2.20. The van der Waals surface area contributed by atoms with Gasteiger partial charge in [0, 0.05) is 42.8 Å². The van der Waals surface area contributed by atoms with Gasteiger partial charge >= 0.3 is 0 Å². The second-order valence-corrected chi connectivity index (χ2v) is 6.50. The molecule has 2 aliphatic heterocycles. The molecule has 0 atom stereocenters. The van der Waals surface area contributed by atoms with Crippen LogP contribution in [0.15, 0.2) is 16.6 Å². The average molecular weight is 325 g/mol. The molecular weight excluding hydrogens is 304 g/mol. The average Bonchev–Trinajstić information content (AvgIpc) is 2.41. The van der Waals surface area contributed by atoms with E-state index in [2.05, 4.69) is 44.9 Å². The Bertz CT molecular complexity index is 456. The van der Waals surface area contributed by atoms with E-state index in [4.69, 9.17) is 4.74 Å². The maximum absolute atomic E-state index is 5.91. The number of aryl methyl sites for hydroxylation is 1. The van der Waals surface area contributed by atoms with Crippen molar-refractivity contribution in [2.24, 2.45) is 0 Å². The number of rotatable bonds is 2. The van der Waals surface area contributed by atoms with E-state index in [0.29, 0.717) is 0 Å². The van der Waals surface area contributed by atoms with Gasteiger partial charge in [0.15, 0.2) is 0 Å². The molecule has 0 unspecified atom stereocenters. The van der Waals surface area contributed by atoms with Gasteiger partial charge in [-0.25, -0.2) is 0 Å². The van der Waals surface area contributed by atoms with Gasteiger partial charge in [0.2, 0.25) is 0 Å². The first-order chi connectivity index (χ1) is 9.22. The minimum absolute atomic E-state index is 0.865. The fourth-order valence-corrected chi connectivity index (χ4v) is 3.44. The summed E-state index contributed by atoms with van der Waals surface area (Å²) in [6.07, 6.45) is 2.28. The molecule has 0 bridgehead atoms. The Balaban J connectivity index is 1.78. The van der Waals surface area contributed by atoms with Gasteiger partial charge in [-0.2, -0.15) is 0 Å². The Morgan fingerprint density at radius 2 is 2.00 bits per heavy atom. The largest absolute Gasteiger partial charge is 0.493 e. The number of ether oxygens (including phenoxy) is 1. The van der Waals surface area contributed by atoms with Gasteiger partial charge in [-0.3, -0.25) is 4.90 Å². The standard InChI is InChI=1S/C15H21BrN2O/c1-17-4-6-18(7-5-17)11-13-10-14(16)9-12-3-2-8-19-15(12)13/h9-10H,2-8,11H2,1H3. The van der Waals surface area contributed by atoms with Gasteiger partial charge in [-0.15, -0.1) is 0 Å². The lowest BCUT2D eigenvalue weighted by Crippen LogP contribution is -2.44. The molecule has 1 aromatic carbocycles.